The lowest BCUT2D eigenvalue weighted by molar-refractivity contribution is 0.511. The van der Waals surface area contributed by atoms with Gasteiger partial charge in [-0.15, -0.1) is 0 Å². The molecule has 1 aromatic heterocycles. The molecule has 0 bridgehead atoms. The van der Waals surface area contributed by atoms with Crippen molar-refractivity contribution in [2.24, 2.45) is 0 Å². The van der Waals surface area contributed by atoms with E-state index >= 15 is 0 Å². The Balaban J connectivity index is 2.21. The summed E-state index contributed by atoms with van der Waals surface area (Å²) in [5.41, 5.74) is 1.59. The van der Waals surface area contributed by atoms with Crippen molar-refractivity contribution in [1.82, 2.24) is 15.5 Å². The van der Waals surface area contributed by atoms with E-state index in [1.165, 1.54) is 6.07 Å². The van der Waals surface area contributed by atoms with Crippen LogP contribution in [0.15, 0.2) is 36.7 Å². The molecule has 1 aromatic carbocycles. The normalized spacial score (nSPS) is 12.3. The third-order valence-electron chi connectivity index (χ3n) is 3.08. The van der Waals surface area contributed by atoms with Gasteiger partial charge in [-0.2, -0.15) is 10.2 Å². The Labute approximate surface area is 123 Å². The molecule has 1 heterocycles. The first kappa shape index (κ1) is 14.9. The molecule has 2 aromatic rings. The first-order valence-corrected chi connectivity index (χ1v) is 7.02. The summed E-state index contributed by atoms with van der Waals surface area (Å²) < 4.78 is 13.9. The molecule has 1 atom stereocenters. The Morgan fingerprint density at radius 3 is 2.85 bits per heavy atom. The molecule has 1 N–H and O–H groups in total. The Kier molecular flexibility index (Phi) is 5.44. The zero-order valence-corrected chi connectivity index (χ0v) is 12.1. The first-order chi connectivity index (χ1) is 9.70. The summed E-state index contributed by atoms with van der Waals surface area (Å²) in [6, 6.07) is 6.52. The van der Waals surface area contributed by atoms with Gasteiger partial charge < -0.3 is 5.32 Å². The molecule has 106 valence electrons. The van der Waals surface area contributed by atoms with Crippen LogP contribution in [0.2, 0.25) is 5.02 Å². The van der Waals surface area contributed by atoms with Crippen LogP contribution < -0.4 is 5.32 Å². The maximum atomic E-state index is 13.9. The fraction of sp³-hybridized carbons (Fsp3) is 0.333. The predicted molar refractivity (Wildman–Crippen MR) is 78.2 cm³/mol. The Morgan fingerprint density at radius 1 is 1.30 bits per heavy atom. The van der Waals surface area contributed by atoms with Gasteiger partial charge in [0.15, 0.2) is 0 Å². The topological polar surface area (TPSA) is 37.8 Å². The molecule has 5 heteroatoms. The number of hydrogen-bond donors (Lipinski definition) is 1. The maximum absolute atomic E-state index is 13.9. The second-order valence-electron chi connectivity index (χ2n) is 4.62. The standard InChI is InChI=1S/C15H17ClFN3/c1-2-6-18-15(11-5-7-19-20-10-11)9-12-8-13(16)3-4-14(12)17/h3-5,7-8,10,15,18H,2,6,9H2,1H3. The van der Waals surface area contributed by atoms with Crippen molar-refractivity contribution < 1.29 is 4.39 Å². The highest BCUT2D eigenvalue weighted by atomic mass is 35.5. The van der Waals surface area contributed by atoms with Crippen LogP contribution in [0.1, 0.15) is 30.5 Å². The van der Waals surface area contributed by atoms with Gasteiger partial charge in [-0.3, -0.25) is 0 Å². The second kappa shape index (κ2) is 7.31. The number of rotatable bonds is 6. The lowest BCUT2D eigenvalue weighted by atomic mass is 10.00. The van der Waals surface area contributed by atoms with Crippen LogP contribution in [0.3, 0.4) is 0 Å². The van der Waals surface area contributed by atoms with E-state index in [0.29, 0.717) is 17.0 Å². The van der Waals surface area contributed by atoms with E-state index in [-0.39, 0.29) is 11.9 Å². The molecule has 0 spiro atoms. The van der Waals surface area contributed by atoms with Crippen molar-refractivity contribution in [1.29, 1.82) is 0 Å². The van der Waals surface area contributed by atoms with Gasteiger partial charge in [-0.25, -0.2) is 4.39 Å². The summed E-state index contributed by atoms with van der Waals surface area (Å²) in [6.07, 6.45) is 4.88. The summed E-state index contributed by atoms with van der Waals surface area (Å²) in [4.78, 5) is 0. The quantitative estimate of drug-likeness (QED) is 0.885. The minimum absolute atomic E-state index is 0.00147. The van der Waals surface area contributed by atoms with Crippen molar-refractivity contribution in [2.45, 2.75) is 25.8 Å². The Bertz CT molecular complexity index is 548. The number of nitrogens with zero attached hydrogens (tertiary/aromatic N) is 2. The fourth-order valence-corrected chi connectivity index (χ4v) is 2.25. The number of nitrogens with one attached hydrogen (secondary N) is 1. The van der Waals surface area contributed by atoms with Crippen LogP contribution in [0.4, 0.5) is 4.39 Å². The third kappa shape index (κ3) is 3.99. The Morgan fingerprint density at radius 2 is 2.15 bits per heavy atom. The smallest absolute Gasteiger partial charge is 0.126 e. The van der Waals surface area contributed by atoms with Crippen LogP contribution >= 0.6 is 11.6 Å². The molecule has 0 aliphatic rings. The molecule has 0 saturated heterocycles. The highest BCUT2D eigenvalue weighted by Gasteiger charge is 2.14. The second-order valence-corrected chi connectivity index (χ2v) is 5.06. The van der Waals surface area contributed by atoms with E-state index < -0.39 is 0 Å². The molecular weight excluding hydrogens is 277 g/mol. The van der Waals surface area contributed by atoms with Crippen molar-refractivity contribution in [3.05, 3.63) is 58.6 Å². The van der Waals surface area contributed by atoms with Crippen LogP contribution in [-0.2, 0) is 6.42 Å². The van der Waals surface area contributed by atoms with Crippen LogP contribution in [-0.4, -0.2) is 16.7 Å². The predicted octanol–water partition coefficient (Wildman–Crippen LogP) is 3.55. The summed E-state index contributed by atoms with van der Waals surface area (Å²) in [5.74, 6) is -0.236. The van der Waals surface area contributed by atoms with E-state index in [2.05, 4.69) is 22.4 Å². The average Bonchev–Trinajstić information content (AvgIpc) is 2.48. The number of aromatic nitrogens is 2. The van der Waals surface area contributed by atoms with Crippen molar-refractivity contribution in [3.8, 4) is 0 Å². The number of halogens is 2. The van der Waals surface area contributed by atoms with E-state index in [9.17, 15) is 4.39 Å². The van der Waals surface area contributed by atoms with E-state index in [4.69, 9.17) is 11.6 Å². The van der Waals surface area contributed by atoms with E-state index in [0.717, 1.165) is 18.5 Å². The molecule has 0 saturated carbocycles. The SMILES string of the molecule is CCCNC(Cc1cc(Cl)ccc1F)c1ccnnc1. The maximum Gasteiger partial charge on any atom is 0.126 e. The van der Waals surface area contributed by atoms with Gasteiger partial charge in [0, 0.05) is 17.3 Å². The molecule has 0 amide bonds. The van der Waals surface area contributed by atoms with E-state index in [1.807, 2.05) is 6.07 Å². The first-order valence-electron chi connectivity index (χ1n) is 6.64. The van der Waals surface area contributed by atoms with Gasteiger partial charge in [-0.1, -0.05) is 18.5 Å². The number of hydrogen-bond acceptors (Lipinski definition) is 3. The minimum Gasteiger partial charge on any atom is -0.310 e. The molecule has 0 radical (unpaired) electrons. The molecule has 20 heavy (non-hydrogen) atoms. The third-order valence-corrected chi connectivity index (χ3v) is 3.32. The highest BCUT2D eigenvalue weighted by molar-refractivity contribution is 6.30. The Hall–Kier alpha value is -1.52. The highest BCUT2D eigenvalue weighted by Crippen LogP contribution is 2.22. The molecule has 1 unspecified atom stereocenters. The van der Waals surface area contributed by atoms with Gasteiger partial charge in [-0.05, 0) is 54.8 Å². The largest absolute Gasteiger partial charge is 0.310 e. The molecule has 3 nitrogen and oxygen atoms in total. The zero-order valence-electron chi connectivity index (χ0n) is 11.3. The fourth-order valence-electron chi connectivity index (χ4n) is 2.05. The lowest BCUT2D eigenvalue weighted by Crippen LogP contribution is -2.24. The van der Waals surface area contributed by atoms with Crippen LogP contribution in [0.25, 0.3) is 0 Å². The van der Waals surface area contributed by atoms with Crippen LogP contribution in [0, 0.1) is 5.82 Å². The monoisotopic (exact) mass is 293 g/mol. The van der Waals surface area contributed by atoms with Gasteiger partial charge in [0.25, 0.3) is 0 Å². The van der Waals surface area contributed by atoms with Crippen molar-refractivity contribution in [3.63, 3.8) is 0 Å². The molecule has 0 aliphatic carbocycles. The van der Waals surface area contributed by atoms with Gasteiger partial charge in [0.05, 0.1) is 6.20 Å². The molecule has 0 fully saturated rings. The molecular formula is C15H17ClFN3. The van der Waals surface area contributed by atoms with E-state index in [1.54, 1.807) is 24.5 Å². The zero-order chi connectivity index (χ0) is 14.4. The summed E-state index contributed by atoms with van der Waals surface area (Å²) in [6.45, 7) is 2.95. The summed E-state index contributed by atoms with van der Waals surface area (Å²) >= 11 is 5.94. The number of benzene rings is 1. The van der Waals surface area contributed by atoms with Gasteiger partial charge >= 0.3 is 0 Å². The summed E-state index contributed by atoms with van der Waals surface area (Å²) in [7, 11) is 0. The van der Waals surface area contributed by atoms with Crippen molar-refractivity contribution in [2.75, 3.05) is 6.54 Å². The van der Waals surface area contributed by atoms with Crippen molar-refractivity contribution >= 4 is 11.6 Å². The molecule has 0 aliphatic heterocycles. The lowest BCUT2D eigenvalue weighted by Gasteiger charge is -2.19. The average molecular weight is 294 g/mol. The minimum atomic E-state index is -0.236. The van der Waals surface area contributed by atoms with Crippen LogP contribution in [0.5, 0.6) is 0 Å². The summed E-state index contributed by atoms with van der Waals surface area (Å²) in [5, 5.41) is 11.6. The van der Waals surface area contributed by atoms with Gasteiger partial charge in [0.1, 0.15) is 5.82 Å². The van der Waals surface area contributed by atoms with Gasteiger partial charge in [0.2, 0.25) is 0 Å². The molecule has 2 rings (SSSR count).